The van der Waals surface area contributed by atoms with E-state index in [1.807, 2.05) is 25.1 Å². The molecule has 9 heteroatoms. The van der Waals surface area contributed by atoms with Gasteiger partial charge in [0.15, 0.2) is 0 Å². The van der Waals surface area contributed by atoms with Gasteiger partial charge in [-0.05, 0) is 6.42 Å². The van der Waals surface area contributed by atoms with Gasteiger partial charge in [0, 0.05) is 40.4 Å². The molecule has 1 aliphatic heterocycles. The number of aromatic amines is 1. The predicted molar refractivity (Wildman–Crippen MR) is 93.8 cm³/mol. The molecular formula is C16H23N7O2. The highest BCUT2D eigenvalue weighted by molar-refractivity contribution is 5.92. The first kappa shape index (κ1) is 17.2. The summed E-state index contributed by atoms with van der Waals surface area (Å²) in [4.78, 5) is 31.6. The standard InChI is InChI=1S/C16H23N7O2/c1-22(2)14-5-15(21-10-20-14)23-8-12(25-3)4-11(23)6-18-16(24)13-7-17-9-19-13/h5,7,9-12H,4,6,8H2,1-3H3,(H,17,19)(H,18,24)/t11-,12-/m1/s1. The van der Waals surface area contributed by atoms with Gasteiger partial charge < -0.3 is 24.8 Å². The largest absolute Gasteiger partial charge is 0.380 e. The van der Waals surface area contributed by atoms with Crippen molar-refractivity contribution in [2.75, 3.05) is 44.1 Å². The average molecular weight is 345 g/mol. The van der Waals surface area contributed by atoms with Crippen LogP contribution in [0.4, 0.5) is 11.6 Å². The monoisotopic (exact) mass is 345 g/mol. The molecule has 2 aromatic rings. The molecule has 1 aliphatic rings. The van der Waals surface area contributed by atoms with Crippen LogP contribution < -0.4 is 15.1 Å². The molecule has 1 fully saturated rings. The molecule has 2 atom stereocenters. The number of carbonyl (C=O) groups excluding carboxylic acids is 1. The molecular weight excluding hydrogens is 322 g/mol. The van der Waals surface area contributed by atoms with Gasteiger partial charge in [-0.3, -0.25) is 4.79 Å². The minimum absolute atomic E-state index is 0.0988. The summed E-state index contributed by atoms with van der Waals surface area (Å²) >= 11 is 0. The highest BCUT2D eigenvalue weighted by atomic mass is 16.5. The van der Waals surface area contributed by atoms with Crippen LogP contribution in [0.5, 0.6) is 0 Å². The Balaban J connectivity index is 1.72. The summed E-state index contributed by atoms with van der Waals surface area (Å²) in [6, 6.07) is 2.05. The molecule has 2 N–H and O–H groups in total. The van der Waals surface area contributed by atoms with E-state index in [1.165, 1.54) is 12.5 Å². The summed E-state index contributed by atoms with van der Waals surface area (Å²) < 4.78 is 5.53. The zero-order valence-corrected chi connectivity index (χ0v) is 14.6. The molecule has 9 nitrogen and oxygen atoms in total. The van der Waals surface area contributed by atoms with Crippen LogP contribution in [0.15, 0.2) is 24.9 Å². The highest BCUT2D eigenvalue weighted by Crippen LogP contribution is 2.26. The van der Waals surface area contributed by atoms with Gasteiger partial charge in [-0.25, -0.2) is 15.0 Å². The summed E-state index contributed by atoms with van der Waals surface area (Å²) in [5.74, 6) is 1.50. The van der Waals surface area contributed by atoms with E-state index in [-0.39, 0.29) is 18.1 Å². The Bertz CT molecular complexity index is 704. The number of nitrogens with zero attached hydrogens (tertiary/aromatic N) is 5. The van der Waals surface area contributed by atoms with Gasteiger partial charge in [-0.1, -0.05) is 0 Å². The number of ether oxygens (including phenoxy) is 1. The van der Waals surface area contributed by atoms with E-state index in [0.29, 0.717) is 12.2 Å². The third kappa shape index (κ3) is 3.87. The van der Waals surface area contributed by atoms with Crippen molar-refractivity contribution in [3.8, 4) is 0 Å². The Kier molecular flexibility index (Phi) is 5.13. The molecule has 25 heavy (non-hydrogen) atoms. The number of methoxy groups -OCH3 is 1. The third-order valence-electron chi connectivity index (χ3n) is 4.34. The van der Waals surface area contributed by atoms with Crippen molar-refractivity contribution in [1.82, 2.24) is 25.3 Å². The number of H-pyrrole nitrogens is 1. The number of imidazole rings is 1. The summed E-state index contributed by atoms with van der Waals surface area (Å²) in [6.45, 7) is 1.23. The van der Waals surface area contributed by atoms with E-state index in [1.54, 1.807) is 13.4 Å². The van der Waals surface area contributed by atoms with E-state index in [2.05, 4.69) is 30.2 Å². The van der Waals surface area contributed by atoms with Gasteiger partial charge in [0.05, 0.1) is 24.7 Å². The van der Waals surface area contributed by atoms with Crippen LogP contribution >= 0.6 is 0 Å². The van der Waals surface area contributed by atoms with Crippen molar-refractivity contribution in [2.24, 2.45) is 0 Å². The average Bonchev–Trinajstić information content (AvgIpc) is 3.29. The maximum absolute atomic E-state index is 12.1. The van der Waals surface area contributed by atoms with E-state index in [4.69, 9.17) is 4.74 Å². The van der Waals surface area contributed by atoms with Crippen molar-refractivity contribution in [3.63, 3.8) is 0 Å². The van der Waals surface area contributed by atoms with Crippen LogP contribution in [-0.4, -0.2) is 72.3 Å². The molecule has 0 unspecified atom stereocenters. The Morgan fingerprint density at radius 3 is 3.00 bits per heavy atom. The maximum Gasteiger partial charge on any atom is 0.269 e. The maximum atomic E-state index is 12.1. The SMILES string of the molecule is CO[C@@H]1C[C@H](CNC(=O)c2cnc[nH]2)N(c2cc(N(C)C)ncn2)C1. The molecule has 0 saturated carbocycles. The number of nitrogens with one attached hydrogen (secondary N) is 2. The first-order valence-corrected chi connectivity index (χ1v) is 8.14. The number of rotatable bonds is 6. The smallest absolute Gasteiger partial charge is 0.269 e. The second-order valence-corrected chi connectivity index (χ2v) is 6.20. The predicted octanol–water partition coefficient (Wildman–Crippen LogP) is 0.289. The van der Waals surface area contributed by atoms with Crippen molar-refractivity contribution in [3.05, 3.63) is 30.6 Å². The van der Waals surface area contributed by atoms with Gasteiger partial charge >= 0.3 is 0 Å². The lowest BCUT2D eigenvalue weighted by Gasteiger charge is -2.26. The second kappa shape index (κ2) is 7.47. The molecule has 3 heterocycles. The van der Waals surface area contributed by atoms with E-state index >= 15 is 0 Å². The second-order valence-electron chi connectivity index (χ2n) is 6.20. The molecule has 2 aromatic heterocycles. The van der Waals surface area contributed by atoms with E-state index in [0.717, 1.165) is 24.6 Å². The van der Waals surface area contributed by atoms with Gasteiger partial charge in [0.2, 0.25) is 0 Å². The highest BCUT2D eigenvalue weighted by Gasteiger charge is 2.33. The van der Waals surface area contributed by atoms with Crippen molar-refractivity contribution < 1.29 is 9.53 Å². The lowest BCUT2D eigenvalue weighted by Crippen LogP contribution is -2.40. The zero-order chi connectivity index (χ0) is 17.8. The molecule has 0 radical (unpaired) electrons. The van der Waals surface area contributed by atoms with Crippen LogP contribution in [0.2, 0.25) is 0 Å². The van der Waals surface area contributed by atoms with Crippen LogP contribution in [0.25, 0.3) is 0 Å². The molecule has 0 spiro atoms. The number of hydrogen-bond donors (Lipinski definition) is 2. The summed E-state index contributed by atoms with van der Waals surface area (Å²) in [7, 11) is 5.59. The van der Waals surface area contributed by atoms with Crippen molar-refractivity contribution in [2.45, 2.75) is 18.6 Å². The van der Waals surface area contributed by atoms with Gasteiger partial charge in [0.25, 0.3) is 5.91 Å². The fourth-order valence-corrected chi connectivity index (χ4v) is 2.94. The van der Waals surface area contributed by atoms with Crippen LogP contribution in [0.3, 0.4) is 0 Å². The summed E-state index contributed by atoms with van der Waals surface area (Å²) in [5.41, 5.74) is 0.449. The molecule has 3 rings (SSSR count). The molecule has 1 amide bonds. The number of amides is 1. The van der Waals surface area contributed by atoms with Gasteiger partial charge in [0.1, 0.15) is 23.7 Å². The van der Waals surface area contributed by atoms with E-state index < -0.39 is 0 Å². The van der Waals surface area contributed by atoms with Gasteiger partial charge in [-0.2, -0.15) is 0 Å². The lowest BCUT2D eigenvalue weighted by atomic mass is 10.2. The first-order chi connectivity index (χ1) is 12.1. The minimum Gasteiger partial charge on any atom is -0.380 e. The quantitative estimate of drug-likeness (QED) is 0.776. The number of anilines is 2. The van der Waals surface area contributed by atoms with E-state index in [9.17, 15) is 4.79 Å². The first-order valence-electron chi connectivity index (χ1n) is 8.14. The third-order valence-corrected chi connectivity index (χ3v) is 4.34. The van der Waals surface area contributed by atoms with Crippen molar-refractivity contribution >= 4 is 17.5 Å². The molecule has 0 bridgehead atoms. The molecule has 1 saturated heterocycles. The van der Waals surface area contributed by atoms with Crippen LogP contribution in [-0.2, 0) is 4.74 Å². The number of aromatic nitrogens is 4. The molecule has 134 valence electrons. The number of hydrogen-bond acceptors (Lipinski definition) is 7. The van der Waals surface area contributed by atoms with Gasteiger partial charge in [-0.15, -0.1) is 0 Å². The summed E-state index contributed by atoms with van der Waals surface area (Å²) in [5, 5.41) is 2.95. The number of carbonyl (C=O) groups is 1. The molecule has 0 aromatic carbocycles. The minimum atomic E-state index is -0.171. The molecule has 0 aliphatic carbocycles. The van der Waals surface area contributed by atoms with Crippen LogP contribution in [0.1, 0.15) is 16.9 Å². The Morgan fingerprint density at radius 1 is 1.48 bits per heavy atom. The fraction of sp³-hybridized carbons (Fsp3) is 0.500. The Morgan fingerprint density at radius 2 is 2.32 bits per heavy atom. The topological polar surface area (TPSA) is 99.3 Å². The lowest BCUT2D eigenvalue weighted by molar-refractivity contribution is 0.0942. The zero-order valence-electron chi connectivity index (χ0n) is 14.6. The normalized spacial score (nSPS) is 19.9. The Labute approximate surface area is 146 Å². The fourth-order valence-electron chi connectivity index (χ4n) is 2.94. The Hall–Kier alpha value is -2.68. The van der Waals surface area contributed by atoms with Crippen LogP contribution in [0, 0.1) is 0 Å². The van der Waals surface area contributed by atoms with Crippen molar-refractivity contribution in [1.29, 1.82) is 0 Å². The summed E-state index contributed by atoms with van der Waals surface area (Å²) in [6.07, 6.45) is 5.48.